The van der Waals surface area contributed by atoms with Gasteiger partial charge in [0.25, 0.3) is 0 Å². The highest BCUT2D eigenvalue weighted by atomic mass is 35.5. The monoisotopic (exact) mass is 433 g/mol. The summed E-state index contributed by atoms with van der Waals surface area (Å²) in [5, 5.41) is 3.91. The van der Waals surface area contributed by atoms with Crippen LogP contribution in [0.5, 0.6) is 0 Å². The summed E-state index contributed by atoms with van der Waals surface area (Å²) in [5.74, 6) is 0.391. The first-order valence-electron chi connectivity index (χ1n) is 8.48. The Kier molecular flexibility index (Phi) is 5.06. The van der Waals surface area contributed by atoms with Gasteiger partial charge in [0.2, 0.25) is 0 Å². The van der Waals surface area contributed by atoms with Crippen LogP contribution >= 0.6 is 23.2 Å². The summed E-state index contributed by atoms with van der Waals surface area (Å²) in [6.07, 6.45) is -4.46. The zero-order valence-electron chi connectivity index (χ0n) is 14.6. The average Bonchev–Trinajstić information content (AvgIpc) is 2.70. The van der Waals surface area contributed by atoms with Crippen LogP contribution in [0.3, 0.4) is 0 Å². The molecule has 0 amide bonds. The van der Waals surface area contributed by atoms with Crippen molar-refractivity contribution >= 4 is 45.7 Å². The van der Waals surface area contributed by atoms with Gasteiger partial charge in [-0.3, -0.25) is 0 Å². The molecule has 146 valence electrons. The quantitative estimate of drug-likeness (QED) is 0.366. The van der Waals surface area contributed by atoms with Gasteiger partial charge < -0.3 is 5.32 Å². The van der Waals surface area contributed by atoms with E-state index >= 15 is 0 Å². The molecule has 8 heteroatoms. The van der Waals surface area contributed by atoms with Crippen molar-refractivity contribution in [1.82, 2.24) is 9.97 Å². The minimum absolute atomic E-state index is 0.151. The van der Waals surface area contributed by atoms with E-state index in [4.69, 9.17) is 23.2 Å². The zero-order chi connectivity index (χ0) is 20.6. The molecule has 0 saturated heterocycles. The SMILES string of the molecule is FC(F)(F)c1ccc2nc(Nc3ccc(Cl)c(Cl)c3)c(-c3ccccc3)nc2c1. The first-order valence-corrected chi connectivity index (χ1v) is 9.23. The number of fused-ring (bicyclic) bond motifs is 1. The molecule has 0 fully saturated rings. The molecule has 0 saturated carbocycles. The molecule has 0 aliphatic carbocycles. The third-order valence-electron chi connectivity index (χ3n) is 4.22. The van der Waals surface area contributed by atoms with Gasteiger partial charge in [0.1, 0.15) is 5.69 Å². The zero-order valence-corrected chi connectivity index (χ0v) is 16.1. The van der Waals surface area contributed by atoms with Crippen molar-refractivity contribution in [3.05, 3.63) is 82.3 Å². The molecule has 1 N–H and O–H groups in total. The molecule has 0 aliphatic rings. The Morgan fingerprint density at radius 3 is 2.21 bits per heavy atom. The van der Waals surface area contributed by atoms with Crippen LogP contribution in [-0.2, 0) is 6.18 Å². The van der Waals surface area contributed by atoms with Crippen LogP contribution in [0.4, 0.5) is 24.7 Å². The third-order valence-corrected chi connectivity index (χ3v) is 4.96. The lowest BCUT2D eigenvalue weighted by atomic mass is 10.1. The van der Waals surface area contributed by atoms with Gasteiger partial charge in [-0.15, -0.1) is 0 Å². The van der Waals surface area contributed by atoms with E-state index in [1.807, 2.05) is 30.3 Å². The van der Waals surface area contributed by atoms with E-state index in [0.717, 1.165) is 12.1 Å². The minimum Gasteiger partial charge on any atom is -0.338 e. The predicted molar refractivity (Wildman–Crippen MR) is 110 cm³/mol. The van der Waals surface area contributed by atoms with Gasteiger partial charge in [-0.2, -0.15) is 13.2 Å². The highest BCUT2D eigenvalue weighted by Gasteiger charge is 2.30. The van der Waals surface area contributed by atoms with Crippen LogP contribution in [0, 0.1) is 0 Å². The molecule has 4 aromatic rings. The average molecular weight is 434 g/mol. The lowest BCUT2D eigenvalue weighted by Gasteiger charge is -2.14. The number of nitrogens with one attached hydrogen (secondary N) is 1. The normalized spacial score (nSPS) is 11.6. The highest BCUT2D eigenvalue weighted by molar-refractivity contribution is 6.42. The van der Waals surface area contributed by atoms with Crippen molar-refractivity contribution in [2.75, 3.05) is 5.32 Å². The van der Waals surface area contributed by atoms with Crippen molar-refractivity contribution in [3.8, 4) is 11.3 Å². The number of benzene rings is 3. The number of aromatic nitrogens is 2. The van der Waals surface area contributed by atoms with E-state index in [1.165, 1.54) is 6.07 Å². The Labute approximate surface area is 174 Å². The smallest absolute Gasteiger partial charge is 0.338 e. The van der Waals surface area contributed by atoms with Crippen molar-refractivity contribution in [1.29, 1.82) is 0 Å². The molecule has 0 bridgehead atoms. The van der Waals surface area contributed by atoms with Crippen molar-refractivity contribution in [3.63, 3.8) is 0 Å². The summed E-state index contributed by atoms with van der Waals surface area (Å²) in [4.78, 5) is 8.98. The molecule has 29 heavy (non-hydrogen) atoms. The highest BCUT2D eigenvalue weighted by Crippen LogP contribution is 2.34. The number of hydrogen-bond donors (Lipinski definition) is 1. The standard InChI is InChI=1S/C21H12Cl2F3N3/c22-15-8-7-14(11-16(15)23)27-20-19(12-4-2-1-3-5-12)28-18-10-13(21(24,25)26)6-9-17(18)29-20/h1-11H,(H,27,29). The maximum Gasteiger partial charge on any atom is 0.416 e. The van der Waals surface area contributed by atoms with E-state index in [1.54, 1.807) is 18.2 Å². The first kappa shape index (κ1) is 19.5. The Morgan fingerprint density at radius 2 is 1.52 bits per heavy atom. The van der Waals surface area contributed by atoms with Gasteiger partial charge in [-0.25, -0.2) is 9.97 Å². The molecular weight excluding hydrogens is 422 g/mol. The van der Waals surface area contributed by atoms with Gasteiger partial charge in [0.05, 0.1) is 26.6 Å². The van der Waals surface area contributed by atoms with Crippen LogP contribution in [-0.4, -0.2) is 9.97 Å². The summed E-state index contributed by atoms with van der Waals surface area (Å²) in [6, 6.07) is 17.4. The van der Waals surface area contributed by atoms with Gasteiger partial charge in [-0.05, 0) is 36.4 Å². The number of halogens is 5. The van der Waals surface area contributed by atoms with E-state index in [0.29, 0.717) is 38.3 Å². The first-order chi connectivity index (χ1) is 13.8. The molecule has 1 heterocycles. The van der Waals surface area contributed by atoms with Gasteiger partial charge in [0.15, 0.2) is 5.82 Å². The number of alkyl halides is 3. The molecule has 3 aromatic carbocycles. The molecule has 0 atom stereocenters. The summed E-state index contributed by atoms with van der Waals surface area (Å²) in [5.41, 5.74) is 1.46. The van der Waals surface area contributed by atoms with Gasteiger partial charge in [0, 0.05) is 11.3 Å². The molecular formula is C21H12Cl2F3N3. The lowest BCUT2D eigenvalue weighted by molar-refractivity contribution is -0.137. The topological polar surface area (TPSA) is 37.8 Å². The largest absolute Gasteiger partial charge is 0.416 e. The number of anilines is 2. The maximum atomic E-state index is 13.1. The maximum absolute atomic E-state index is 13.1. The van der Waals surface area contributed by atoms with Crippen LogP contribution < -0.4 is 5.32 Å². The van der Waals surface area contributed by atoms with E-state index in [2.05, 4.69) is 15.3 Å². The fraction of sp³-hybridized carbons (Fsp3) is 0.0476. The van der Waals surface area contributed by atoms with Crippen LogP contribution in [0.1, 0.15) is 5.56 Å². The second-order valence-corrected chi connectivity index (χ2v) is 7.06. The molecule has 0 aliphatic heterocycles. The fourth-order valence-corrected chi connectivity index (χ4v) is 3.12. The van der Waals surface area contributed by atoms with Gasteiger partial charge in [-0.1, -0.05) is 53.5 Å². The molecule has 0 unspecified atom stereocenters. The van der Waals surface area contributed by atoms with Gasteiger partial charge >= 0.3 is 6.18 Å². The van der Waals surface area contributed by atoms with Crippen molar-refractivity contribution < 1.29 is 13.2 Å². The number of hydrogen-bond acceptors (Lipinski definition) is 3. The molecule has 0 spiro atoms. The lowest BCUT2D eigenvalue weighted by Crippen LogP contribution is -2.06. The Balaban J connectivity index is 1.88. The second-order valence-electron chi connectivity index (χ2n) is 6.24. The van der Waals surface area contributed by atoms with Crippen LogP contribution in [0.25, 0.3) is 22.3 Å². The molecule has 4 rings (SSSR count). The predicted octanol–water partition coefficient (Wildman–Crippen LogP) is 7.37. The summed E-state index contributed by atoms with van der Waals surface area (Å²) in [7, 11) is 0. The Morgan fingerprint density at radius 1 is 0.759 bits per heavy atom. The third kappa shape index (κ3) is 4.13. The Bertz CT molecular complexity index is 1200. The summed E-state index contributed by atoms with van der Waals surface area (Å²) < 4.78 is 39.3. The number of nitrogens with zero attached hydrogens (tertiary/aromatic N) is 2. The Hall–Kier alpha value is -2.83. The summed E-state index contributed by atoms with van der Waals surface area (Å²) >= 11 is 12.0. The molecule has 1 aromatic heterocycles. The van der Waals surface area contributed by atoms with Crippen molar-refractivity contribution in [2.45, 2.75) is 6.18 Å². The van der Waals surface area contributed by atoms with E-state index in [-0.39, 0.29) is 5.52 Å². The van der Waals surface area contributed by atoms with E-state index < -0.39 is 11.7 Å². The van der Waals surface area contributed by atoms with Crippen LogP contribution in [0.2, 0.25) is 10.0 Å². The van der Waals surface area contributed by atoms with E-state index in [9.17, 15) is 13.2 Å². The molecule has 3 nitrogen and oxygen atoms in total. The number of rotatable bonds is 3. The summed E-state index contributed by atoms with van der Waals surface area (Å²) in [6.45, 7) is 0. The minimum atomic E-state index is -4.46. The van der Waals surface area contributed by atoms with Crippen LogP contribution in [0.15, 0.2) is 66.7 Å². The van der Waals surface area contributed by atoms with Crippen molar-refractivity contribution in [2.24, 2.45) is 0 Å². The fourth-order valence-electron chi connectivity index (χ4n) is 2.83. The second kappa shape index (κ2) is 7.54. The molecule has 0 radical (unpaired) electrons.